The molecule has 0 radical (unpaired) electrons. The number of hydrogen-bond acceptors (Lipinski definition) is 4. The number of nitrogens with zero attached hydrogens (tertiary/aromatic N) is 3. The van der Waals surface area contributed by atoms with E-state index in [-0.39, 0.29) is 17.9 Å². The monoisotopic (exact) mass is 490 g/mol. The Hall–Kier alpha value is -2.70. The third-order valence-corrected chi connectivity index (χ3v) is 7.82. The van der Waals surface area contributed by atoms with Crippen molar-refractivity contribution >= 4 is 11.8 Å². The van der Waals surface area contributed by atoms with Crippen molar-refractivity contribution in [3.8, 4) is 0 Å². The number of likely N-dealkylation sites (tertiary alicyclic amines) is 2. The Morgan fingerprint density at radius 2 is 1.58 bits per heavy atom. The Morgan fingerprint density at radius 1 is 0.944 bits per heavy atom. The average molecular weight is 491 g/mol. The molecule has 0 spiro atoms. The van der Waals surface area contributed by atoms with Crippen molar-refractivity contribution in [2.75, 3.05) is 53.4 Å². The zero-order valence-electron chi connectivity index (χ0n) is 22.4. The molecule has 4 rings (SSSR count). The quantitative estimate of drug-likeness (QED) is 0.549. The van der Waals surface area contributed by atoms with Gasteiger partial charge in [-0.2, -0.15) is 0 Å². The van der Waals surface area contributed by atoms with E-state index in [2.05, 4.69) is 32.1 Å². The van der Waals surface area contributed by atoms with Crippen LogP contribution in [-0.4, -0.2) is 79.9 Å². The fourth-order valence-corrected chi connectivity index (χ4v) is 5.89. The molecule has 0 bridgehead atoms. The second-order valence-electron chi connectivity index (χ2n) is 11.0. The van der Waals surface area contributed by atoms with Crippen LogP contribution in [0.3, 0.4) is 0 Å². The van der Waals surface area contributed by atoms with Crippen molar-refractivity contribution in [3.63, 3.8) is 0 Å². The summed E-state index contributed by atoms with van der Waals surface area (Å²) in [6, 6.07) is 16.4. The Kier molecular flexibility index (Phi) is 8.81. The molecule has 194 valence electrons. The zero-order valence-corrected chi connectivity index (χ0v) is 22.4. The Morgan fingerprint density at radius 3 is 2.19 bits per heavy atom. The number of nitrogens with one attached hydrogen (secondary N) is 1. The molecule has 2 aromatic rings. The van der Waals surface area contributed by atoms with Gasteiger partial charge in [0, 0.05) is 44.7 Å². The predicted octanol–water partition coefficient (Wildman–Crippen LogP) is 3.90. The van der Waals surface area contributed by atoms with Gasteiger partial charge >= 0.3 is 0 Å². The lowest BCUT2D eigenvalue weighted by Gasteiger charge is -2.25. The maximum Gasteiger partial charge on any atom is 0.254 e. The summed E-state index contributed by atoms with van der Waals surface area (Å²) in [7, 11) is 4.07. The van der Waals surface area contributed by atoms with E-state index in [9.17, 15) is 9.59 Å². The zero-order chi connectivity index (χ0) is 25.7. The van der Waals surface area contributed by atoms with Gasteiger partial charge in [0.05, 0.1) is 6.04 Å². The summed E-state index contributed by atoms with van der Waals surface area (Å²) in [6.07, 6.45) is 2.32. The van der Waals surface area contributed by atoms with Gasteiger partial charge in [0.1, 0.15) is 0 Å². The lowest BCUT2D eigenvalue weighted by Crippen LogP contribution is -2.35. The Bertz CT molecular complexity index is 1000. The van der Waals surface area contributed by atoms with Crippen molar-refractivity contribution in [1.82, 2.24) is 20.0 Å². The van der Waals surface area contributed by atoms with Crippen molar-refractivity contribution in [2.45, 2.75) is 39.2 Å². The van der Waals surface area contributed by atoms with Crippen LogP contribution in [0.2, 0.25) is 0 Å². The van der Waals surface area contributed by atoms with Gasteiger partial charge in [0.2, 0.25) is 5.91 Å². The molecule has 3 unspecified atom stereocenters. The molecule has 2 heterocycles. The SMILES string of the molecule is Cc1cccc(C)c1C(=O)N1CC2CN(CCC(NC(=O)CCCN(C)C)c3ccccc3)CC2C1. The minimum absolute atomic E-state index is 0.0283. The largest absolute Gasteiger partial charge is 0.349 e. The number of aryl methyl sites for hydroxylation is 2. The van der Waals surface area contributed by atoms with Gasteiger partial charge in [-0.1, -0.05) is 48.5 Å². The molecular weight excluding hydrogens is 448 g/mol. The normalized spacial score (nSPS) is 20.5. The van der Waals surface area contributed by atoms with Crippen LogP contribution in [0.4, 0.5) is 0 Å². The summed E-state index contributed by atoms with van der Waals surface area (Å²) in [5.41, 5.74) is 4.17. The molecule has 6 nitrogen and oxygen atoms in total. The van der Waals surface area contributed by atoms with E-state index in [0.29, 0.717) is 18.3 Å². The van der Waals surface area contributed by atoms with Gasteiger partial charge in [-0.25, -0.2) is 0 Å². The van der Waals surface area contributed by atoms with Crippen molar-refractivity contribution < 1.29 is 9.59 Å². The summed E-state index contributed by atoms with van der Waals surface area (Å²) >= 11 is 0. The summed E-state index contributed by atoms with van der Waals surface area (Å²) in [6.45, 7) is 9.68. The molecule has 3 atom stereocenters. The third-order valence-electron chi connectivity index (χ3n) is 7.82. The second kappa shape index (κ2) is 12.0. The molecule has 2 aliphatic heterocycles. The molecule has 6 heteroatoms. The van der Waals surface area contributed by atoms with Crippen LogP contribution in [0.15, 0.2) is 48.5 Å². The van der Waals surface area contributed by atoms with E-state index in [1.54, 1.807) is 0 Å². The third kappa shape index (κ3) is 6.54. The molecule has 36 heavy (non-hydrogen) atoms. The first-order valence-corrected chi connectivity index (χ1v) is 13.4. The lowest BCUT2D eigenvalue weighted by molar-refractivity contribution is -0.122. The van der Waals surface area contributed by atoms with Crippen LogP contribution in [0.25, 0.3) is 0 Å². The summed E-state index contributed by atoms with van der Waals surface area (Å²) in [5.74, 6) is 1.39. The van der Waals surface area contributed by atoms with E-state index < -0.39 is 0 Å². The summed E-state index contributed by atoms with van der Waals surface area (Å²) < 4.78 is 0. The minimum atomic E-state index is 0.0283. The number of benzene rings is 2. The van der Waals surface area contributed by atoms with Crippen molar-refractivity contribution in [3.05, 3.63) is 70.8 Å². The molecule has 0 aromatic heterocycles. The van der Waals surface area contributed by atoms with Crippen LogP contribution >= 0.6 is 0 Å². The number of rotatable bonds is 10. The molecule has 2 amide bonds. The maximum atomic E-state index is 13.3. The highest BCUT2D eigenvalue weighted by Crippen LogP contribution is 2.33. The van der Waals surface area contributed by atoms with Crippen LogP contribution in [-0.2, 0) is 4.79 Å². The maximum absolute atomic E-state index is 13.3. The number of hydrogen-bond donors (Lipinski definition) is 1. The van der Waals surface area contributed by atoms with Crippen LogP contribution in [0.1, 0.15) is 52.4 Å². The number of fused-ring (bicyclic) bond motifs is 1. The van der Waals surface area contributed by atoms with Gasteiger partial charge < -0.3 is 20.0 Å². The first-order chi connectivity index (χ1) is 17.3. The average Bonchev–Trinajstić information content (AvgIpc) is 3.41. The molecule has 0 aliphatic carbocycles. The number of carbonyl (C=O) groups excluding carboxylic acids is 2. The highest BCUT2D eigenvalue weighted by Gasteiger charge is 2.42. The van der Waals surface area contributed by atoms with E-state index in [1.807, 2.05) is 64.3 Å². The molecular formula is C30H42N4O2. The van der Waals surface area contributed by atoms with Crippen molar-refractivity contribution in [1.29, 1.82) is 0 Å². The van der Waals surface area contributed by atoms with Gasteiger partial charge in [-0.15, -0.1) is 0 Å². The fourth-order valence-electron chi connectivity index (χ4n) is 5.89. The van der Waals surface area contributed by atoms with Crippen molar-refractivity contribution in [2.24, 2.45) is 11.8 Å². The van der Waals surface area contributed by atoms with Gasteiger partial charge in [0.25, 0.3) is 5.91 Å². The van der Waals surface area contributed by atoms with Crippen LogP contribution in [0.5, 0.6) is 0 Å². The molecule has 0 saturated carbocycles. The number of amides is 2. The fraction of sp³-hybridized carbons (Fsp3) is 0.533. The first-order valence-electron chi connectivity index (χ1n) is 13.4. The van der Waals surface area contributed by atoms with E-state index in [1.165, 1.54) is 5.56 Å². The molecule has 1 N–H and O–H groups in total. The highest BCUT2D eigenvalue weighted by molar-refractivity contribution is 5.97. The second-order valence-corrected chi connectivity index (χ2v) is 11.0. The Balaban J connectivity index is 1.30. The smallest absolute Gasteiger partial charge is 0.254 e. The van der Waals surface area contributed by atoms with Gasteiger partial charge in [0.15, 0.2) is 0 Å². The Labute approximate surface area is 216 Å². The lowest BCUT2D eigenvalue weighted by atomic mass is 10.0. The molecule has 2 aromatic carbocycles. The van der Waals surface area contributed by atoms with Crippen LogP contribution < -0.4 is 5.32 Å². The van der Waals surface area contributed by atoms with Crippen LogP contribution in [0, 0.1) is 25.7 Å². The van der Waals surface area contributed by atoms with Gasteiger partial charge in [-0.3, -0.25) is 9.59 Å². The molecule has 2 aliphatic rings. The predicted molar refractivity (Wildman–Crippen MR) is 145 cm³/mol. The summed E-state index contributed by atoms with van der Waals surface area (Å²) in [5, 5.41) is 3.30. The molecule has 2 fully saturated rings. The highest BCUT2D eigenvalue weighted by atomic mass is 16.2. The van der Waals surface area contributed by atoms with E-state index in [0.717, 1.165) is 68.8 Å². The van der Waals surface area contributed by atoms with E-state index >= 15 is 0 Å². The topological polar surface area (TPSA) is 55.9 Å². The summed E-state index contributed by atoms with van der Waals surface area (Å²) in [4.78, 5) is 32.6. The number of carbonyl (C=O) groups is 2. The standard InChI is InChI=1S/C30H42N4O2/c1-22-10-8-11-23(2)29(22)30(36)34-20-25-18-33(19-26(25)21-34)17-15-27(24-12-6-5-7-13-24)31-28(35)14-9-16-32(3)4/h5-8,10-13,25-27H,9,14-21H2,1-4H3,(H,31,35). The molecule has 2 saturated heterocycles. The van der Waals surface area contributed by atoms with E-state index in [4.69, 9.17) is 0 Å². The van der Waals surface area contributed by atoms with Gasteiger partial charge in [-0.05, 0) is 75.9 Å². The first kappa shape index (κ1) is 26.4. The minimum Gasteiger partial charge on any atom is -0.349 e.